The number of rotatable bonds is 6. The number of fused-ring (bicyclic) bond motifs is 1. The molecule has 6 nitrogen and oxygen atoms in total. The zero-order chi connectivity index (χ0) is 21.1. The van der Waals surface area contributed by atoms with Gasteiger partial charge in [0.25, 0.3) is 0 Å². The van der Waals surface area contributed by atoms with Gasteiger partial charge in [0.05, 0.1) is 17.3 Å². The van der Waals surface area contributed by atoms with Crippen LogP contribution in [0.2, 0.25) is 0 Å². The van der Waals surface area contributed by atoms with Crippen LogP contribution in [0.15, 0.2) is 66.2 Å². The molecule has 30 heavy (non-hydrogen) atoms. The van der Waals surface area contributed by atoms with Gasteiger partial charge >= 0.3 is 0 Å². The Bertz CT molecular complexity index is 1180. The van der Waals surface area contributed by atoms with E-state index in [2.05, 4.69) is 10.6 Å². The summed E-state index contributed by atoms with van der Waals surface area (Å²) in [5.74, 6) is 0.256. The monoisotopic (exact) mass is 418 g/mol. The minimum Gasteiger partial charge on any atom is -0.349 e. The highest BCUT2D eigenvalue weighted by Gasteiger charge is 2.21. The lowest BCUT2D eigenvalue weighted by Gasteiger charge is -2.18. The highest BCUT2D eigenvalue weighted by atomic mass is 32.1. The van der Waals surface area contributed by atoms with Crippen molar-refractivity contribution in [1.82, 2.24) is 14.7 Å². The summed E-state index contributed by atoms with van der Waals surface area (Å²) < 4.78 is 1.88. The normalized spacial score (nSPS) is 11.9. The van der Waals surface area contributed by atoms with Gasteiger partial charge in [0, 0.05) is 13.1 Å². The number of nitrogens with one attached hydrogen (secondary N) is 2. The number of anilines is 1. The zero-order valence-electron chi connectivity index (χ0n) is 16.8. The quantitative estimate of drug-likeness (QED) is 0.481. The molecule has 0 spiro atoms. The molecule has 0 radical (unpaired) electrons. The van der Waals surface area contributed by atoms with Crippen LogP contribution in [0.1, 0.15) is 30.5 Å². The predicted molar refractivity (Wildman–Crippen MR) is 119 cm³/mol. The number of amides is 2. The highest BCUT2D eigenvalue weighted by molar-refractivity contribution is 7.13. The fourth-order valence-corrected chi connectivity index (χ4v) is 4.12. The molecule has 0 saturated heterocycles. The molecule has 3 heterocycles. The number of benzene rings is 1. The van der Waals surface area contributed by atoms with Gasteiger partial charge in [-0.05, 0) is 41.6 Å². The van der Waals surface area contributed by atoms with Crippen molar-refractivity contribution < 1.29 is 9.59 Å². The molecule has 3 aromatic heterocycles. The third-order valence-corrected chi connectivity index (χ3v) is 5.64. The van der Waals surface area contributed by atoms with E-state index in [4.69, 9.17) is 4.98 Å². The summed E-state index contributed by atoms with van der Waals surface area (Å²) in [4.78, 5) is 30.4. The van der Waals surface area contributed by atoms with Crippen molar-refractivity contribution in [2.24, 2.45) is 0 Å². The molecule has 0 aliphatic rings. The lowest BCUT2D eigenvalue weighted by Crippen LogP contribution is -2.30. The second-order valence-corrected chi connectivity index (χ2v) is 8.08. The molecule has 4 rings (SSSR count). The first kappa shape index (κ1) is 19.8. The van der Waals surface area contributed by atoms with Crippen LogP contribution in [-0.4, -0.2) is 21.2 Å². The van der Waals surface area contributed by atoms with E-state index in [1.165, 1.54) is 6.92 Å². The maximum absolute atomic E-state index is 13.0. The molecule has 1 atom stereocenters. The Hall–Kier alpha value is -3.45. The summed E-state index contributed by atoms with van der Waals surface area (Å²) in [6, 6.07) is 17.0. The maximum atomic E-state index is 13.0. The van der Waals surface area contributed by atoms with E-state index in [0.717, 1.165) is 27.3 Å². The molecule has 4 aromatic rings. The highest BCUT2D eigenvalue weighted by Crippen LogP contribution is 2.32. The molecule has 7 heteroatoms. The van der Waals surface area contributed by atoms with Gasteiger partial charge in [0.1, 0.15) is 17.2 Å². The van der Waals surface area contributed by atoms with Crippen molar-refractivity contribution in [3.05, 3.63) is 77.3 Å². The number of hydrogen-bond acceptors (Lipinski definition) is 4. The van der Waals surface area contributed by atoms with E-state index < -0.39 is 6.04 Å². The molecule has 0 aliphatic heterocycles. The van der Waals surface area contributed by atoms with E-state index in [1.807, 2.05) is 77.5 Å². The number of hydrogen-bond donors (Lipinski definition) is 2. The summed E-state index contributed by atoms with van der Waals surface area (Å²) in [7, 11) is 0. The second kappa shape index (κ2) is 8.51. The third kappa shape index (κ3) is 4.26. The number of aryl methyl sites for hydroxylation is 1. The van der Waals surface area contributed by atoms with Gasteiger partial charge in [-0.2, -0.15) is 0 Å². The van der Waals surface area contributed by atoms with E-state index >= 15 is 0 Å². The fourth-order valence-electron chi connectivity index (χ4n) is 3.40. The number of carbonyl (C=O) groups is 2. The minimum absolute atomic E-state index is 0.118. The standard InChI is InChI=1S/C23H22N4O2S/c1-15-10-11-27-20(13-15)25-22(19-9-6-12-30-19)23(27)26-21(29)14-18(24-16(2)28)17-7-4-3-5-8-17/h3-13,18H,14H2,1-2H3,(H,24,28)(H,26,29)/t18-/m1/s1. The number of thiophene rings is 1. The average molecular weight is 419 g/mol. The van der Waals surface area contributed by atoms with E-state index in [9.17, 15) is 9.59 Å². The Morgan fingerprint density at radius 1 is 1.13 bits per heavy atom. The number of pyridine rings is 1. The minimum atomic E-state index is -0.407. The molecule has 2 N–H and O–H groups in total. The lowest BCUT2D eigenvalue weighted by atomic mass is 10.0. The SMILES string of the molecule is CC(=O)N[C@H](CC(=O)Nc1c(-c2cccs2)nc2cc(C)ccn12)c1ccccc1. The van der Waals surface area contributed by atoms with Crippen LogP contribution in [-0.2, 0) is 9.59 Å². The van der Waals surface area contributed by atoms with Crippen molar-refractivity contribution in [2.45, 2.75) is 26.3 Å². The first-order chi connectivity index (χ1) is 14.5. The molecular formula is C23H22N4O2S. The van der Waals surface area contributed by atoms with E-state index in [1.54, 1.807) is 11.3 Å². The van der Waals surface area contributed by atoms with Crippen molar-refractivity contribution in [2.75, 3.05) is 5.32 Å². The van der Waals surface area contributed by atoms with Crippen LogP contribution in [0.5, 0.6) is 0 Å². The van der Waals surface area contributed by atoms with Crippen LogP contribution >= 0.6 is 11.3 Å². The smallest absolute Gasteiger partial charge is 0.227 e. The fraction of sp³-hybridized carbons (Fsp3) is 0.174. The summed E-state index contributed by atoms with van der Waals surface area (Å²) in [6.45, 7) is 3.46. The average Bonchev–Trinajstić information content (AvgIpc) is 3.36. The van der Waals surface area contributed by atoms with Crippen LogP contribution in [0.3, 0.4) is 0 Å². The first-order valence-electron chi connectivity index (χ1n) is 9.66. The van der Waals surface area contributed by atoms with Crippen LogP contribution in [0.25, 0.3) is 16.2 Å². The molecular weight excluding hydrogens is 396 g/mol. The molecule has 0 saturated carbocycles. The summed E-state index contributed by atoms with van der Waals surface area (Å²) >= 11 is 1.57. The number of nitrogens with zero attached hydrogens (tertiary/aromatic N) is 2. The topological polar surface area (TPSA) is 75.5 Å². The molecule has 152 valence electrons. The van der Waals surface area contributed by atoms with Gasteiger partial charge in [-0.15, -0.1) is 11.3 Å². The van der Waals surface area contributed by atoms with Crippen molar-refractivity contribution in [1.29, 1.82) is 0 Å². The van der Waals surface area contributed by atoms with Gasteiger partial charge in [0.15, 0.2) is 0 Å². The Morgan fingerprint density at radius 2 is 1.93 bits per heavy atom. The molecule has 0 aliphatic carbocycles. The van der Waals surface area contributed by atoms with Crippen molar-refractivity contribution in [3.63, 3.8) is 0 Å². The van der Waals surface area contributed by atoms with Crippen LogP contribution < -0.4 is 10.6 Å². The summed E-state index contributed by atoms with van der Waals surface area (Å²) in [6.07, 6.45) is 2.03. The van der Waals surface area contributed by atoms with Gasteiger partial charge < -0.3 is 10.6 Å². The molecule has 0 fully saturated rings. The Labute approximate surface area is 178 Å². The van der Waals surface area contributed by atoms with Crippen LogP contribution in [0.4, 0.5) is 5.82 Å². The maximum Gasteiger partial charge on any atom is 0.227 e. The molecule has 0 bridgehead atoms. The van der Waals surface area contributed by atoms with Crippen molar-refractivity contribution >= 4 is 34.6 Å². The lowest BCUT2D eigenvalue weighted by molar-refractivity contribution is -0.120. The van der Waals surface area contributed by atoms with Gasteiger partial charge in [0.2, 0.25) is 11.8 Å². The molecule has 0 unspecified atom stereocenters. The first-order valence-corrected chi connectivity index (χ1v) is 10.5. The van der Waals surface area contributed by atoms with Crippen LogP contribution in [0, 0.1) is 6.92 Å². The van der Waals surface area contributed by atoms with E-state index in [-0.39, 0.29) is 18.2 Å². The molecule has 1 aromatic carbocycles. The zero-order valence-corrected chi connectivity index (χ0v) is 17.6. The summed E-state index contributed by atoms with van der Waals surface area (Å²) in [5.41, 5.74) is 3.49. The summed E-state index contributed by atoms with van der Waals surface area (Å²) in [5, 5.41) is 7.89. The van der Waals surface area contributed by atoms with E-state index in [0.29, 0.717) is 5.82 Å². The molecule has 2 amide bonds. The predicted octanol–water partition coefficient (Wildman–Crippen LogP) is 4.58. The Morgan fingerprint density at radius 3 is 2.63 bits per heavy atom. The van der Waals surface area contributed by atoms with Gasteiger partial charge in [-0.1, -0.05) is 36.4 Å². The Kier molecular flexibility index (Phi) is 5.63. The van der Waals surface area contributed by atoms with Gasteiger partial charge in [-0.3, -0.25) is 14.0 Å². The third-order valence-electron chi connectivity index (χ3n) is 4.76. The van der Waals surface area contributed by atoms with Gasteiger partial charge in [-0.25, -0.2) is 4.98 Å². The number of imidazole rings is 1. The number of carbonyl (C=O) groups excluding carboxylic acids is 2. The van der Waals surface area contributed by atoms with Crippen molar-refractivity contribution in [3.8, 4) is 10.6 Å². The Balaban J connectivity index is 1.65. The second-order valence-electron chi connectivity index (χ2n) is 7.13. The largest absolute Gasteiger partial charge is 0.349 e. The number of aromatic nitrogens is 2.